The number of sulfonamides is 1. The quantitative estimate of drug-likeness (QED) is 0.644. The number of amides is 1. The van der Waals surface area contributed by atoms with Crippen LogP contribution in [0.15, 0.2) is 77.7 Å². The number of primary sulfonamides is 1. The maximum Gasteiger partial charge on any atom is 0.253 e. The molecule has 1 aliphatic heterocycles. The predicted molar refractivity (Wildman–Crippen MR) is 124 cm³/mol. The van der Waals surface area contributed by atoms with Gasteiger partial charge in [-0.15, -0.1) is 0 Å². The van der Waals surface area contributed by atoms with Crippen LogP contribution in [0.4, 0.5) is 5.69 Å². The van der Waals surface area contributed by atoms with Crippen LogP contribution < -0.4 is 14.8 Å². The molecule has 4 rings (SSSR count). The van der Waals surface area contributed by atoms with Crippen LogP contribution >= 0.6 is 0 Å². The number of nitrogens with zero attached hydrogens (tertiary/aromatic N) is 2. The molecule has 3 aromatic rings. The van der Waals surface area contributed by atoms with Crippen molar-refractivity contribution >= 4 is 21.6 Å². The highest BCUT2D eigenvalue weighted by Gasteiger charge is 2.23. The summed E-state index contributed by atoms with van der Waals surface area (Å²) in [6, 6.07) is 21.5. The van der Waals surface area contributed by atoms with Crippen molar-refractivity contribution in [3.63, 3.8) is 0 Å². The Kier molecular flexibility index (Phi) is 6.16. The van der Waals surface area contributed by atoms with Gasteiger partial charge in [-0.1, -0.05) is 36.4 Å². The summed E-state index contributed by atoms with van der Waals surface area (Å²) in [6.07, 6.45) is 0. The number of anilines is 1. The molecule has 0 spiro atoms. The molecule has 0 bridgehead atoms. The van der Waals surface area contributed by atoms with Crippen LogP contribution in [-0.4, -0.2) is 52.5 Å². The van der Waals surface area contributed by atoms with Gasteiger partial charge in [0, 0.05) is 31.7 Å². The molecule has 0 aromatic heterocycles. The summed E-state index contributed by atoms with van der Waals surface area (Å²) in [5, 5.41) is 5.22. The van der Waals surface area contributed by atoms with Crippen LogP contribution in [-0.2, 0) is 10.0 Å². The molecule has 0 saturated carbocycles. The maximum atomic E-state index is 13.0. The molecular formula is C24H25N3O4S. The molecule has 0 radical (unpaired) electrons. The number of rotatable bonds is 5. The third-order valence-corrected chi connectivity index (χ3v) is 6.53. The van der Waals surface area contributed by atoms with Gasteiger partial charge >= 0.3 is 0 Å². The standard InChI is InChI=1S/C24H25N3O4S/c1-31-23-8-3-2-7-22(23)26-13-15-27(16-14-26)24(28)19-11-9-18(10-12-19)20-5-4-6-21(17-20)32(25,29)30/h2-12,17H,13-16H2,1H3,(H2,25,29,30). The molecule has 32 heavy (non-hydrogen) atoms. The van der Waals surface area contributed by atoms with Crippen molar-refractivity contribution in [2.75, 3.05) is 38.2 Å². The first-order valence-electron chi connectivity index (χ1n) is 10.3. The second-order valence-electron chi connectivity index (χ2n) is 7.60. The zero-order chi connectivity index (χ0) is 22.7. The number of hydrogen-bond donors (Lipinski definition) is 1. The third kappa shape index (κ3) is 4.61. The Morgan fingerprint density at radius 3 is 2.22 bits per heavy atom. The molecule has 0 atom stereocenters. The monoisotopic (exact) mass is 451 g/mol. The van der Waals surface area contributed by atoms with Gasteiger partial charge in [-0.05, 0) is 47.5 Å². The minimum Gasteiger partial charge on any atom is -0.495 e. The summed E-state index contributed by atoms with van der Waals surface area (Å²) in [6.45, 7) is 2.69. The van der Waals surface area contributed by atoms with E-state index in [0.717, 1.165) is 35.7 Å². The number of carbonyl (C=O) groups is 1. The van der Waals surface area contributed by atoms with Gasteiger partial charge in [0.05, 0.1) is 17.7 Å². The highest BCUT2D eigenvalue weighted by molar-refractivity contribution is 7.89. The van der Waals surface area contributed by atoms with Gasteiger partial charge in [-0.25, -0.2) is 13.6 Å². The summed E-state index contributed by atoms with van der Waals surface area (Å²) >= 11 is 0. The normalized spacial score (nSPS) is 14.3. The number of benzene rings is 3. The number of nitrogens with two attached hydrogens (primary N) is 1. The molecular weight excluding hydrogens is 426 g/mol. The molecule has 166 valence electrons. The second-order valence-corrected chi connectivity index (χ2v) is 9.16. The fourth-order valence-electron chi connectivity index (χ4n) is 3.88. The smallest absolute Gasteiger partial charge is 0.253 e. The minimum absolute atomic E-state index is 0.0190. The van der Waals surface area contributed by atoms with Gasteiger partial charge < -0.3 is 14.5 Å². The van der Waals surface area contributed by atoms with Gasteiger partial charge in [-0.2, -0.15) is 0 Å². The lowest BCUT2D eigenvalue weighted by Crippen LogP contribution is -2.48. The van der Waals surface area contributed by atoms with E-state index in [-0.39, 0.29) is 10.8 Å². The Labute approximate surface area is 188 Å². The van der Waals surface area contributed by atoms with E-state index in [1.54, 1.807) is 25.3 Å². The van der Waals surface area contributed by atoms with Crippen LogP contribution in [0.3, 0.4) is 0 Å². The van der Waals surface area contributed by atoms with E-state index in [0.29, 0.717) is 18.7 Å². The number of carbonyl (C=O) groups excluding carboxylic acids is 1. The molecule has 1 amide bonds. The van der Waals surface area contributed by atoms with Crippen LogP contribution in [0, 0.1) is 0 Å². The van der Waals surface area contributed by atoms with Crippen LogP contribution in [0.1, 0.15) is 10.4 Å². The van der Waals surface area contributed by atoms with E-state index < -0.39 is 10.0 Å². The first-order valence-corrected chi connectivity index (χ1v) is 11.8. The molecule has 1 heterocycles. The molecule has 0 unspecified atom stereocenters. The Balaban J connectivity index is 1.44. The summed E-state index contributed by atoms with van der Waals surface area (Å²) in [4.78, 5) is 17.1. The molecule has 2 N–H and O–H groups in total. The van der Waals surface area contributed by atoms with Gasteiger partial charge in [0.15, 0.2) is 0 Å². The first-order chi connectivity index (χ1) is 15.4. The average molecular weight is 452 g/mol. The van der Waals surface area contributed by atoms with E-state index in [2.05, 4.69) is 4.90 Å². The number of methoxy groups -OCH3 is 1. The number of piperazine rings is 1. The van der Waals surface area contributed by atoms with Crippen molar-refractivity contribution in [2.24, 2.45) is 5.14 Å². The van der Waals surface area contributed by atoms with Crippen molar-refractivity contribution in [3.05, 3.63) is 78.4 Å². The van der Waals surface area contributed by atoms with Crippen molar-refractivity contribution in [1.29, 1.82) is 0 Å². The largest absolute Gasteiger partial charge is 0.495 e. The van der Waals surface area contributed by atoms with Crippen molar-refractivity contribution < 1.29 is 17.9 Å². The SMILES string of the molecule is COc1ccccc1N1CCN(C(=O)c2ccc(-c3cccc(S(N)(=O)=O)c3)cc2)CC1. The fraction of sp³-hybridized carbons (Fsp3) is 0.208. The summed E-state index contributed by atoms with van der Waals surface area (Å²) < 4.78 is 28.7. The maximum absolute atomic E-state index is 13.0. The average Bonchev–Trinajstić information content (AvgIpc) is 2.83. The molecule has 8 heteroatoms. The zero-order valence-electron chi connectivity index (χ0n) is 17.8. The highest BCUT2D eigenvalue weighted by Crippen LogP contribution is 2.29. The molecule has 3 aromatic carbocycles. The molecule has 1 aliphatic rings. The Morgan fingerprint density at radius 1 is 0.875 bits per heavy atom. The van der Waals surface area contributed by atoms with E-state index >= 15 is 0 Å². The molecule has 7 nitrogen and oxygen atoms in total. The van der Waals surface area contributed by atoms with Crippen molar-refractivity contribution in [1.82, 2.24) is 4.90 Å². The van der Waals surface area contributed by atoms with Crippen LogP contribution in [0.5, 0.6) is 5.75 Å². The minimum atomic E-state index is -3.77. The van der Waals surface area contributed by atoms with Crippen LogP contribution in [0.2, 0.25) is 0 Å². The van der Waals surface area contributed by atoms with Gasteiger partial charge in [0.2, 0.25) is 10.0 Å². The number of para-hydroxylation sites is 2. The number of hydrogen-bond acceptors (Lipinski definition) is 5. The topological polar surface area (TPSA) is 92.9 Å². The first kappa shape index (κ1) is 21.9. The van der Waals surface area contributed by atoms with E-state index in [9.17, 15) is 13.2 Å². The second kappa shape index (κ2) is 9.02. The lowest BCUT2D eigenvalue weighted by molar-refractivity contribution is 0.0746. The van der Waals surface area contributed by atoms with Crippen molar-refractivity contribution in [2.45, 2.75) is 4.90 Å². The molecule has 1 saturated heterocycles. The predicted octanol–water partition coefficient (Wildman–Crippen LogP) is 2.97. The van der Waals surface area contributed by atoms with E-state index in [1.807, 2.05) is 47.4 Å². The Bertz CT molecular complexity index is 1220. The fourth-order valence-corrected chi connectivity index (χ4v) is 4.44. The third-order valence-electron chi connectivity index (χ3n) is 5.62. The van der Waals surface area contributed by atoms with Gasteiger partial charge in [0.1, 0.15) is 5.75 Å². The summed E-state index contributed by atoms with van der Waals surface area (Å²) in [5.74, 6) is 0.809. The lowest BCUT2D eigenvalue weighted by Gasteiger charge is -2.36. The Hall–Kier alpha value is -3.36. The summed E-state index contributed by atoms with van der Waals surface area (Å²) in [7, 11) is -2.11. The molecule has 0 aliphatic carbocycles. The van der Waals surface area contributed by atoms with E-state index in [1.165, 1.54) is 12.1 Å². The number of ether oxygens (including phenoxy) is 1. The van der Waals surface area contributed by atoms with Crippen LogP contribution in [0.25, 0.3) is 11.1 Å². The van der Waals surface area contributed by atoms with Gasteiger partial charge in [0.25, 0.3) is 5.91 Å². The zero-order valence-corrected chi connectivity index (χ0v) is 18.6. The van der Waals surface area contributed by atoms with Crippen molar-refractivity contribution in [3.8, 4) is 16.9 Å². The lowest BCUT2D eigenvalue weighted by atomic mass is 10.0. The molecule has 1 fully saturated rings. The Morgan fingerprint density at radius 2 is 1.56 bits per heavy atom. The van der Waals surface area contributed by atoms with E-state index in [4.69, 9.17) is 9.88 Å². The van der Waals surface area contributed by atoms with Gasteiger partial charge in [-0.3, -0.25) is 4.79 Å². The highest BCUT2D eigenvalue weighted by atomic mass is 32.2. The summed E-state index contributed by atoms with van der Waals surface area (Å²) in [5.41, 5.74) is 3.17.